The molecule has 0 spiro atoms. The van der Waals surface area contributed by atoms with Crippen LogP contribution in [0.3, 0.4) is 0 Å². The third kappa shape index (κ3) is 3.73. The van der Waals surface area contributed by atoms with Crippen LogP contribution in [0.15, 0.2) is 29.2 Å². The summed E-state index contributed by atoms with van der Waals surface area (Å²) >= 11 is 5.80. The molecule has 20 heavy (non-hydrogen) atoms. The third-order valence-electron chi connectivity index (χ3n) is 3.94. The average Bonchev–Trinajstić information content (AvgIpc) is 2.39. The van der Waals surface area contributed by atoms with E-state index in [0.717, 1.165) is 19.3 Å². The van der Waals surface area contributed by atoms with Crippen LogP contribution in [0.1, 0.15) is 25.7 Å². The van der Waals surface area contributed by atoms with Crippen LogP contribution in [-0.4, -0.2) is 34.6 Å². The van der Waals surface area contributed by atoms with Crippen molar-refractivity contribution in [3.05, 3.63) is 29.3 Å². The van der Waals surface area contributed by atoms with E-state index >= 15 is 0 Å². The van der Waals surface area contributed by atoms with Gasteiger partial charge in [0.15, 0.2) is 0 Å². The monoisotopic (exact) mass is 317 g/mol. The minimum Gasteiger partial charge on any atom is -0.336 e. The highest BCUT2D eigenvalue weighted by Crippen LogP contribution is 2.20. The van der Waals surface area contributed by atoms with Gasteiger partial charge in [0.25, 0.3) is 0 Å². The highest BCUT2D eigenvalue weighted by atomic mass is 35.5. The molecule has 0 radical (unpaired) electrons. The van der Waals surface area contributed by atoms with Crippen molar-refractivity contribution in [1.82, 2.24) is 4.72 Å². The molecule has 0 aliphatic heterocycles. The van der Waals surface area contributed by atoms with E-state index in [1.807, 2.05) is 0 Å². The second kappa shape index (κ2) is 6.43. The molecule has 0 bridgehead atoms. The van der Waals surface area contributed by atoms with Crippen molar-refractivity contribution < 1.29 is 13.3 Å². The quantitative estimate of drug-likeness (QED) is 0.873. The molecule has 1 saturated carbocycles. The molecule has 6 heteroatoms. The first-order valence-electron chi connectivity index (χ1n) is 6.98. The zero-order valence-corrected chi connectivity index (χ0v) is 13.5. The van der Waals surface area contributed by atoms with Gasteiger partial charge in [-0.2, -0.15) is 0 Å². The molecule has 0 unspecified atom stereocenters. The van der Waals surface area contributed by atoms with Crippen LogP contribution in [0, 0.1) is 0 Å². The molecule has 1 aliphatic carbocycles. The minimum atomic E-state index is -3.47. The number of quaternary nitrogens is 1. The van der Waals surface area contributed by atoms with E-state index < -0.39 is 10.0 Å². The number of hydrogen-bond donors (Lipinski definition) is 2. The smallest absolute Gasteiger partial charge is 0.241 e. The van der Waals surface area contributed by atoms with Crippen LogP contribution < -0.4 is 9.62 Å². The van der Waals surface area contributed by atoms with E-state index in [0.29, 0.717) is 11.1 Å². The summed E-state index contributed by atoms with van der Waals surface area (Å²) in [5.74, 6) is 0. The Labute approximate surface area is 126 Å². The zero-order valence-electron chi connectivity index (χ0n) is 11.9. The lowest BCUT2D eigenvalue weighted by Gasteiger charge is -2.33. The van der Waals surface area contributed by atoms with Crippen LogP contribution in [-0.2, 0) is 10.0 Å². The largest absolute Gasteiger partial charge is 0.336 e. The maximum absolute atomic E-state index is 12.4. The number of rotatable bonds is 4. The summed E-state index contributed by atoms with van der Waals surface area (Å²) in [6.45, 7) is 0. The van der Waals surface area contributed by atoms with Crippen molar-refractivity contribution >= 4 is 21.6 Å². The lowest BCUT2D eigenvalue weighted by Crippen LogP contribution is -3.12. The van der Waals surface area contributed by atoms with E-state index in [1.165, 1.54) is 11.3 Å². The topological polar surface area (TPSA) is 50.6 Å². The Morgan fingerprint density at radius 3 is 2.35 bits per heavy atom. The summed E-state index contributed by atoms with van der Waals surface area (Å²) in [6, 6.07) is 6.65. The first-order chi connectivity index (χ1) is 9.40. The van der Waals surface area contributed by atoms with Gasteiger partial charge in [-0.1, -0.05) is 18.0 Å². The molecule has 1 fully saturated rings. The number of hydrogen-bond acceptors (Lipinski definition) is 2. The second-order valence-corrected chi connectivity index (χ2v) is 7.80. The van der Waals surface area contributed by atoms with Crippen LogP contribution in [0.5, 0.6) is 0 Å². The van der Waals surface area contributed by atoms with Crippen LogP contribution in [0.4, 0.5) is 0 Å². The number of sulfonamides is 1. The molecule has 112 valence electrons. The van der Waals surface area contributed by atoms with Gasteiger partial charge in [0, 0.05) is 11.4 Å². The van der Waals surface area contributed by atoms with Crippen molar-refractivity contribution in [3.8, 4) is 0 Å². The Bertz CT molecular complexity index is 543. The molecule has 1 aromatic carbocycles. The van der Waals surface area contributed by atoms with Crippen molar-refractivity contribution in [3.63, 3.8) is 0 Å². The van der Waals surface area contributed by atoms with Gasteiger partial charge >= 0.3 is 0 Å². The zero-order chi connectivity index (χ0) is 14.8. The lowest BCUT2D eigenvalue weighted by atomic mass is 9.90. The summed E-state index contributed by atoms with van der Waals surface area (Å²) in [7, 11) is 0.701. The Hall–Kier alpha value is -0.620. The molecule has 1 aromatic rings. The Balaban J connectivity index is 2.16. The van der Waals surface area contributed by atoms with Gasteiger partial charge in [-0.25, -0.2) is 13.1 Å². The maximum Gasteiger partial charge on any atom is 0.241 e. The maximum atomic E-state index is 12.4. The highest BCUT2D eigenvalue weighted by Gasteiger charge is 2.33. The van der Waals surface area contributed by atoms with E-state index in [-0.39, 0.29) is 10.9 Å². The van der Waals surface area contributed by atoms with Crippen molar-refractivity contribution in [2.75, 3.05) is 14.1 Å². The predicted octanol–water partition coefficient (Wildman–Crippen LogP) is 1.07. The number of likely N-dealkylation sites (N-methyl/N-ethyl adjacent to an activating group) is 1. The Morgan fingerprint density at radius 1 is 1.15 bits per heavy atom. The summed E-state index contributed by atoms with van der Waals surface area (Å²) in [6.07, 6.45) is 4.23. The summed E-state index contributed by atoms with van der Waals surface area (Å²) < 4.78 is 27.7. The molecule has 0 saturated heterocycles. The summed E-state index contributed by atoms with van der Waals surface area (Å²) in [4.78, 5) is 1.58. The van der Waals surface area contributed by atoms with Crippen LogP contribution in [0.25, 0.3) is 0 Å². The van der Waals surface area contributed by atoms with E-state index in [2.05, 4.69) is 18.8 Å². The van der Waals surface area contributed by atoms with E-state index in [9.17, 15) is 8.42 Å². The molecular weight excluding hydrogens is 296 g/mol. The molecule has 2 rings (SSSR count). The van der Waals surface area contributed by atoms with Gasteiger partial charge in [0.05, 0.1) is 25.0 Å². The van der Waals surface area contributed by atoms with Crippen molar-refractivity contribution in [1.29, 1.82) is 0 Å². The van der Waals surface area contributed by atoms with Gasteiger partial charge in [-0.05, 0) is 37.1 Å². The second-order valence-electron chi connectivity index (χ2n) is 5.65. The molecule has 2 atom stereocenters. The third-order valence-corrected chi connectivity index (χ3v) is 5.70. The van der Waals surface area contributed by atoms with Crippen LogP contribution in [0.2, 0.25) is 5.02 Å². The molecule has 0 aromatic heterocycles. The highest BCUT2D eigenvalue weighted by molar-refractivity contribution is 7.89. The van der Waals surface area contributed by atoms with Gasteiger partial charge in [-0.3, -0.25) is 0 Å². The van der Waals surface area contributed by atoms with Crippen LogP contribution >= 0.6 is 11.6 Å². The van der Waals surface area contributed by atoms with E-state index in [4.69, 9.17) is 11.6 Å². The molecule has 1 aliphatic rings. The fraction of sp³-hybridized carbons (Fsp3) is 0.571. The Morgan fingerprint density at radius 2 is 1.75 bits per heavy atom. The fourth-order valence-corrected chi connectivity index (χ4v) is 4.28. The minimum absolute atomic E-state index is 0.00873. The molecule has 4 nitrogen and oxygen atoms in total. The SMILES string of the molecule is C[NH+](C)[C@H]1CCCC[C@H]1NS(=O)(=O)c1ccc(Cl)cc1. The standard InChI is InChI=1S/C14H21ClN2O2S/c1-17(2)14-6-4-3-5-13(14)16-20(18,19)12-9-7-11(15)8-10-12/h7-10,13-14,16H,3-6H2,1-2H3/p+1/t13-,14+/m1/s1. The van der Waals surface area contributed by atoms with Gasteiger partial charge in [0.1, 0.15) is 6.04 Å². The van der Waals surface area contributed by atoms with Gasteiger partial charge in [0.2, 0.25) is 10.0 Å². The molecule has 0 heterocycles. The summed E-state index contributed by atoms with van der Waals surface area (Å²) in [5.41, 5.74) is 0. The first-order valence-corrected chi connectivity index (χ1v) is 8.84. The lowest BCUT2D eigenvalue weighted by molar-refractivity contribution is -0.888. The fourth-order valence-electron chi connectivity index (χ4n) is 2.84. The Kier molecular flexibility index (Phi) is 5.07. The van der Waals surface area contributed by atoms with Crippen molar-refractivity contribution in [2.24, 2.45) is 0 Å². The van der Waals surface area contributed by atoms with E-state index in [1.54, 1.807) is 24.3 Å². The average molecular weight is 318 g/mol. The van der Waals surface area contributed by atoms with Crippen molar-refractivity contribution in [2.45, 2.75) is 42.7 Å². The molecular formula is C14H22ClN2O2S+. The first kappa shape index (κ1) is 15.8. The molecule has 2 N–H and O–H groups in total. The number of benzene rings is 1. The normalized spacial score (nSPS) is 24.0. The molecule has 0 amide bonds. The van der Waals surface area contributed by atoms with Gasteiger partial charge < -0.3 is 4.90 Å². The van der Waals surface area contributed by atoms with Gasteiger partial charge in [-0.15, -0.1) is 0 Å². The number of nitrogens with one attached hydrogen (secondary N) is 2. The summed E-state index contributed by atoms with van der Waals surface area (Å²) in [5, 5.41) is 0.539. The predicted molar refractivity (Wildman–Crippen MR) is 80.6 cm³/mol. The number of halogens is 1.